The van der Waals surface area contributed by atoms with E-state index in [0.29, 0.717) is 5.33 Å². The smallest absolute Gasteiger partial charge is 0.309 e. The summed E-state index contributed by atoms with van der Waals surface area (Å²) in [5, 5.41) is 9.27. The van der Waals surface area contributed by atoms with Crippen molar-refractivity contribution in [3.63, 3.8) is 0 Å². The van der Waals surface area contributed by atoms with Crippen LogP contribution in [-0.2, 0) is 4.79 Å². The average Bonchev–Trinajstić information content (AvgIpc) is 2.29. The molecule has 0 heterocycles. The summed E-state index contributed by atoms with van der Waals surface area (Å²) in [6.45, 7) is 1.73. The Hall–Kier alpha value is 0.720. The van der Waals surface area contributed by atoms with Gasteiger partial charge in [-0.1, -0.05) is 31.9 Å². The maximum absolute atomic E-state index is 10.6. The second-order valence-corrected chi connectivity index (χ2v) is 5.60. The van der Waals surface area contributed by atoms with Gasteiger partial charge in [-0.25, -0.2) is 0 Å². The Morgan fingerprint density at radius 1 is 1.82 bits per heavy atom. The number of halogens is 3. The van der Waals surface area contributed by atoms with Gasteiger partial charge < -0.3 is 5.11 Å². The maximum Gasteiger partial charge on any atom is 0.309 e. The highest BCUT2D eigenvalue weighted by molar-refractivity contribution is 9.12. The lowest BCUT2D eigenvalue weighted by molar-refractivity contribution is -0.138. The van der Waals surface area contributed by atoms with Gasteiger partial charge in [0.25, 0.3) is 0 Å². The average molecular weight is 306 g/mol. The summed E-state index contributed by atoms with van der Waals surface area (Å²) in [6, 6.07) is 0. The van der Waals surface area contributed by atoms with Crippen molar-refractivity contribution in [1.29, 1.82) is 0 Å². The van der Waals surface area contributed by atoms with Crippen LogP contribution < -0.4 is 0 Å². The number of hydrogen-bond acceptors (Lipinski definition) is 1. The topological polar surface area (TPSA) is 37.3 Å². The van der Waals surface area contributed by atoms with Crippen LogP contribution in [0, 0.1) is 5.92 Å². The van der Waals surface area contributed by atoms with Crippen molar-refractivity contribution in [1.82, 2.24) is 0 Å². The normalized spacial score (nSPS) is 48.9. The van der Waals surface area contributed by atoms with Gasteiger partial charge in [-0.15, -0.1) is 11.6 Å². The lowest BCUT2D eigenvalue weighted by Gasteiger charge is -2.03. The molecular weight excluding hydrogens is 299 g/mol. The molecule has 64 valence electrons. The Bertz CT molecular complexity index is 207. The Morgan fingerprint density at radius 3 is 2.36 bits per heavy atom. The largest absolute Gasteiger partial charge is 0.481 e. The quantitative estimate of drug-likeness (QED) is 0.794. The molecule has 1 aliphatic rings. The summed E-state index contributed by atoms with van der Waals surface area (Å²) < 4.78 is -0.479. The second kappa shape index (κ2) is 2.60. The Balaban J connectivity index is 2.83. The van der Waals surface area contributed by atoms with Crippen LogP contribution in [0.5, 0.6) is 0 Å². The molecule has 0 aromatic carbocycles. The van der Waals surface area contributed by atoms with Crippen molar-refractivity contribution in [3.05, 3.63) is 0 Å². The van der Waals surface area contributed by atoms with Gasteiger partial charge in [-0.2, -0.15) is 0 Å². The van der Waals surface area contributed by atoms with Gasteiger partial charge in [0, 0.05) is 5.33 Å². The molecule has 11 heavy (non-hydrogen) atoms. The van der Waals surface area contributed by atoms with E-state index in [1.54, 1.807) is 6.92 Å². The van der Waals surface area contributed by atoms with Gasteiger partial charge in [0.1, 0.15) is 0 Å². The van der Waals surface area contributed by atoms with Gasteiger partial charge in [0.05, 0.1) is 15.1 Å². The van der Waals surface area contributed by atoms with Gasteiger partial charge in [-0.3, -0.25) is 4.79 Å². The molecule has 0 spiro atoms. The van der Waals surface area contributed by atoms with E-state index in [1.807, 2.05) is 0 Å². The highest BCUT2D eigenvalue weighted by Gasteiger charge is 2.75. The first-order valence-electron chi connectivity index (χ1n) is 3.04. The van der Waals surface area contributed by atoms with Crippen LogP contribution >= 0.6 is 43.5 Å². The van der Waals surface area contributed by atoms with E-state index in [2.05, 4.69) is 31.9 Å². The van der Waals surface area contributed by atoms with Crippen LogP contribution in [0.3, 0.4) is 0 Å². The van der Waals surface area contributed by atoms with Gasteiger partial charge in [-0.05, 0) is 6.92 Å². The number of hydrogen-bond donors (Lipinski definition) is 1. The fourth-order valence-corrected chi connectivity index (χ4v) is 3.62. The third kappa shape index (κ3) is 1.14. The zero-order valence-corrected chi connectivity index (χ0v) is 9.70. The molecule has 3 unspecified atom stereocenters. The van der Waals surface area contributed by atoms with Crippen molar-refractivity contribution in [2.24, 2.45) is 5.92 Å². The first kappa shape index (κ1) is 9.81. The molecule has 1 aliphatic carbocycles. The minimum absolute atomic E-state index is 0.479. The van der Waals surface area contributed by atoms with E-state index in [0.717, 1.165) is 0 Å². The minimum Gasteiger partial charge on any atom is -0.481 e. The second-order valence-electron chi connectivity index (χ2n) is 2.84. The van der Waals surface area contributed by atoms with Gasteiger partial charge in [0.15, 0.2) is 0 Å². The molecule has 1 N–H and O–H groups in total. The highest BCUT2D eigenvalue weighted by atomic mass is 79.9. The van der Waals surface area contributed by atoms with Crippen molar-refractivity contribution in [2.45, 2.75) is 16.1 Å². The van der Waals surface area contributed by atoms with E-state index in [-0.39, 0.29) is 0 Å². The Kier molecular flexibility index (Phi) is 2.32. The van der Waals surface area contributed by atoms with Crippen molar-refractivity contribution in [2.75, 3.05) is 5.33 Å². The lowest BCUT2D eigenvalue weighted by atomic mass is 10.3. The predicted octanol–water partition coefficient (Wildman–Crippen LogP) is 2.23. The molecule has 0 amide bonds. The number of rotatable bonds is 2. The van der Waals surface area contributed by atoms with E-state index in [1.165, 1.54) is 0 Å². The van der Waals surface area contributed by atoms with Crippen molar-refractivity contribution >= 4 is 49.4 Å². The number of carbonyl (C=O) groups is 1. The molecular formula is C6H7Br2ClO2. The molecule has 0 aliphatic heterocycles. The fraction of sp³-hybridized carbons (Fsp3) is 0.833. The molecule has 5 heteroatoms. The summed E-state index contributed by atoms with van der Waals surface area (Å²) in [5.74, 6) is -1.35. The number of alkyl halides is 3. The zero-order valence-electron chi connectivity index (χ0n) is 5.77. The molecule has 0 bridgehead atoms. The molecule has 0 aromatic heterocycles. The SMILES string of the molecule is CC1(Cl)C(C(=O)O)C1(Br)CBr. The van der Waals surface area contributed by atoms with E-state index < -0.39 is 21.1 Å². The van der Waals surface area contributed by atoms with Crippen LogP contribution in [0.4, 0.5) is 0 Å². The third-order valence-corrected chi connectivity index (χ3v) is 6.15. The number of carboxylic acid groups (broad SMARTS) is 1. The monoisotopic (exact) mass is 304 g/mol. The van der Waals surface area contributed by atoms with Crippen LogP contribution in [0.2, 0.25) is 0 Å². The molecule has 3 atom stereocenters. The molecule has 1 saturated carbocycles. The van der Waals surface area contributed by atoms with Crippen molar-refractivity contribution < 1.29 is 9.90 Å². The molecule has 0 aromatic rings. The van der Waals surface area contributed by atoms with Gasteiger partial charge >= 0.3 is 5.97 Å². The van der Waals surface area contributed by atoms with E-state index >= 15 is 0 Å². The summed E-state index contributed by atoms with van der Waals surface area (Å²) in [5.41, 5.74) is 0. The standard InChI is InChI=1S/C6H7Br2ClO2/c1-5(9)3(4(10)11)6(5,8)2-7/h3H,2H2,1H3,(H,10,11). The number of carboxylic acids is 1. The molecule has 0 saturated heterocycles. The van der Waals surface area contributed by atoms with Crippen LogP contribution in [0.15, 0.2) is 0 Å². The number of aliphatic carboxylic acids is 1. The first-order chi connectivity index (χ1) is 4.88. The van der Waals surface area contributed by atoms with Crippen molar-refractivity contribution in [3.8, 4) is 0 Å². The molecule has 0 radical (unpaired) electrons. The third-order valence-electron chi connectivity index (χ3n) is 2.17. The molecule has 1 rings (SSSR count). The minimum atomic E-state index is -0.848. The molecule has 1 fully saturated rings. The van der Waals surface area contributed by atoms with E-state index in [4.69, 9.17) is 16.7 Å². The Labute approximate surface area is 86.6 Å². The molecule has 2 nitrogen and oxygen atoms in total. The summed E-state index contributed by atoms with van der Waals surface area (Å²) in [7, 11) is 0. The van der Waals surface area contributed by atoms with Crippen LogP contribution in [0.25, 0.3) is 0 Å². The summed E-state index contributed by atoms with van der Waals surface area (Å²) in [4.78, 5) is 9.95. The predicted molar refractivity (Wildman–Crippen MR) is 50.8 cm³/mol. The Morgan fingerprint density at radius 2 is 2.27 bits per heavy atom. The van der Waals surface area contributed by atoms with E-state index in [9.17, 15) is 4.79 Å². The highest BCUT2D eigenvalue weighted by Crippen LogP contribution is 2.65. The zero-order chi connectivity index (χ0) is 8.86. The van der Waals surface area contributed by atoms with Crippen LogP contribution in [-0.4, -0.2) is 25.6 Å². The first-order valence-corrected chi connectivity index (χ1v) is 5.33. The lowest BCUT2D eigenvalue weighted by Crippen LogP contribution is -2.12. The van der Waals surface area contributed by atoms with Gasteiger partial charge in [0.2, 0.25) is 0 Å². The summed E-state index contributed by atoms with van der Waals surface area (Å²) >= 11 is 12.5. The maximum atomic E-state index is 10.6. The fourth-order valence-electron chi connectivity index (χ4n) is 1.25. The van der Waals surface area contributed by atoms with Crippen LogP contribution in [0.1, 0.15) is 6.92 Å². The summed E-state index contributed by atoms with van der Waals surface area (Å²) in [6.07, 6.45) is 0.